The standard InChI is InChI=1S/C27H33Cl2NO4S/c1-3-33-26(31)19-9-6-8-18(11-12-19)17(2)15-20-7-4-5-10-22(20)35-23-14-13-21(16-34-27(30)32)24(28)25(23)29/h4-5,7,10,13-14,17-19H,3,6,8-9,11-12,15-16H2,1-2H3,(H2,30,32). The molecular weight excluding hydrogens is 505 g/mol. The van der Waals surface area contributed by atoms with E-state index in [1.165, 1.54) is 5.56 Å². The molecule has 2 N–H and O–H groups in total. The molecule has 0 aromatic heterocycles. The number of hydrogen-bond acceptors (Lipinski definition) is 5. The molecule has 3 rings (SSSR count). The quantitative estimate of drug-likeness (QED) is 0.262. The van der Waals surface area contributed by atoms with Gasteiger partial charge in [-0.2, -0.15) is 0 Å². The van der Waals surface area contributed by atoms with Crippen LogP contribution in [0.3, 0.4) is 0 Å². The fourth-order valence-electron chi connectivity index (χ4n) is 4.71. The molecule has 1 fully saturated rings. The lowest BCUT2D eigenvalue weighted by Gasteiger charge is -2.24. The van der Waals surface area contributed by atoms with E-state index in [2.05, 4.69) is 25.1 Å². The van der Waals surface area contributed by atoms with E-state index in [4.69, 9.17) is 38.4 Å². The van der Waals surface area contributed by atoms with Crippen molar-refractivity contribution in [2.75, 3.05) is 6.61 Å². The highest BCUT2D eigenvalue weighted by molar-refractivity contribution is 7.99. The summed E-state index contributed by atoms with van der Waals surface area (Å²) in [5, 5.41) is 0.789. The van der Waals surface area contributed by atoms with E-state index in [1.807, 2.05) is 19.1 Å². The molecule has 1 aliphatic rings. The number of amides is 1. The molecule has 0 spiro atoms. The van der Waals surface area contributed by atoms with Gasteiger partial charge < -0.3 is 15.2 Å². The van der Waals surface area contributed by atoms with Gasteiger partial charge in [0.25, 0.3) is 0 Å². The topological polar surface area (TPSA) is 78.6 Å². The summed E-state index contributed by atoms with van der Waals surface area (Å²) in [7, 11) is 0. The van der Waals surface area contributed by atoms with Crippen molar-refractivity contribution >= 4 is 47.0 Å². The van der Waals surface area contributed by atoms with Gasteiger partial charge in [0, 0.05) is 15.4 Å². The molecule has 35 heavy (non-hydrogen) atoms. The Balaban J connectivity index is 1.68. The molecule has 5 nitrogen and oxygen atoms in total. The largest absolute Gasteiger partial charge is 0.466 e. The van der Waals surface area contributed by atoms with Crippen molar-refractivity contribution in [1.82, 2.24) is 0 Å². The first-order valence-electron chi connectivity index (χ1n) is 12.1. The SMILES string of the molecule is CCOC(=O)C1CCCC(C(C)Cc2ccccc2Sc2ccc(COC(N)=O)c(Cl)c2Cl)CC1. The Hall–Kier alpha value is -1.89. The Morgan fingerprint density at radius 3 is 2.51 bits per heavy atom. The summed E-state index contributed by atoms with van der Waals surface area (Å²) in [6.07, 6.45) is 5.18. The zero-order valence-corrected chi connectivity index (χ0v) is 22.6. The van der Waals surface area contributed by atoms with Crippen LogP contribution in [0.2, 0.25) is 10.0 Å². The molecular formula is C27H33Cl2NO4S. The highest BCUT2D eigenvalue weighted by atomic mass is 35.5. The van der Waals surface area contributed by atoms with Gasteiger partial charge in [-0.3, -0.25) is 4.79 Å². The molecule has 0 aliphatic heterocycles. The maximum atomic E-state index is 12.2. The average Bonchev–Trinajstić information content (AvgIpc) is 3.09. The lowest BCUT2D eigenvalue weighted by Crippen LogP contribution is -2.18. The summed E-state index contributed by atoms with van der Waals surface area (Å²) in [6.45, 7) is 4.60. The van der Waals surface area contributed by atoms with E-state index in [0.29, 0.717) is 34.1 Å². The Kier molecular flexibility index (Phi) is 10.6. The third-order valence-corrected chi connectivity index (χ3v) is 8.88. The van der Waals surface area contributed by atoms with Crippen LogP contribution in [0.25, 0.3) is 0 Å². The van der Waals surface area contributed by atoms with Crippen LogP contribution in [0.5, 0.6) is 0 Å². The van der Waals surface area contributed by atoms with Gasteiger partial charge >= 0.3 is 12.1 Å². The molecule has 2 aromatic carbocycles. The molecule has 0 saturated heterocycles. The van der Waals surface area contributed by atoms with Crippen molar-refractivity contribution in [2.45, 2.75) is 68.8 Å². The van der Waals surface area contributed by atoms with E-state index in [-0.39, 0.29) is 18.5 Å². The Labute approximate surface area is 222 Å². The van der Waals surface area contributed by atoms with Gasteiger partial charge in [0.2, 0.25) is 0 Å². The minimum Gasteiger partial charge on any atom is -0.466 e. The van der Waals surface area contributed by atoms with Crippen molar-refractivity contribution in [1.29, 1.82) is 0 Å². The van der Waals surface area contributed by atoms with E-state index in [1.54, 1.807) is 17.8 Å². The van der Waals surface area contributed by atoms with Gasteiger partial charge in [-0.15, -0.1) is 0 Å². The maximum absolute atomic E-state index is 12.2. The highest BCUT2D eigenvalue weighted by Gasteiger charge is 2.28. The fraction of sp³-hybridized carbons (Fsp3) is 0.481. The van der Waals surface area contributed by atoms with Gasteiger partial charge in [0.05, 0.1) is 22.6 Å². The zero-order valence-electron chi connectivity index (χ0n) is 20.2. The first kappa shape index (κ1) is 27.7. The molecule has 1 amide bonds. The molecule has 3 unspecified atom stereocenters. The average molecular weight is 539 g/mol. The fourth-order valence-corrected chi connectivity index (χ4v) is 6.28. The van der Waals surface area contributed by atoms with Crippen LogP contribution < -0.4 is 5.73 Å². The molecule has 0 bridgehead atoms. The molecule has 2 aromatic rings. The number of carbonyl (C=O) groups excluding carboxylic acids is 2. The van der Waals surface area contributed by atoms with Crippen LogP contribution in [-0.2, 0) is 27.3 Å². The third kappa shape index (κ3) is 7.80. The smallest absolute Gasteiger partial charge is 0.404 e. The first-order chi connectivity index (χ1) is 16.8. The minimum atomic E-state index is -0.858. The number of nitrogens with two attached hydrogens (primary N) is 1. The van der Waals surface area contributed by atoms with Crippen molar-refractivity contribution < 1.29 is 19.1 Å². The number of rotatable bonds is 9. The summed E-state index contributed by atoms with van der Waals surface area (Å²) in [4.78, 5) is 25.1. The van der Waals surface area contributed by atoms with Gasteiger partial charge in [-0.25, -0.2) is 4.79 Å². The second kappa shape index (κ2) is 13.4. The number of primary amides is 1. The second-order valence-electron chi connectivity index (χ2n) is 9.07. The van der Waals surface area contributed by atoms with Gasteiger partial charge in [-0.1, -0.05) is 79.0 Å². The summed E-state index contributed by atoms with van der Waals surface area (Å²) < 4.78 is 10.1. The van der Waals surface area contributed by atoms with Gasteiger partial charge in [0.15, 0.2) is 0 Å². The number of ether oxygens (including phenoxy) is 2. The lowest BCUT2D eigenvalue weighted by atomic mass is 9.83. The lowest BCUT2D eigenvalue weighted by molar-refractivity contribution is -0.148. The number of esters is 1. The van der Waals surface area contributed by atoms with Crippen LogP contribution in [0, 0.1) is 17.8 Å². The van der Waals surface area contributed by atoms with Crippen LogP contribution in [0.1, 0.15) is 57.1 Å². The van der Waals surface area contributed by atoms with E-state index < -0.39 is 6.09 Å². The third-order valence-electron chi connectivity index (χ3n) is 6.67. The summed E-state index contributed by atoms with van der Waals surface area (Å²) in [6, 6.07) is 12.0. The predicted molar refractivity (Wildman–Crippen MR) is 141 cm³/mol. The van der Waals surface area contributed by atoms with Gasteiger partial charge in [-0.05, 0) is 62.1 Å². The van der Waals surface area contributed by atoms with Crippen LogP contribution in [0.15, 0.2) is 46.2 Å². The van der Waals surface area contributed by atoms with E-state index in [0.717, 1.165) is 48.3 Å². The van der Waals surface area contributed by atoms with Crippen molar-refractivity contribution in [3.05, 3.63) is 57.6 Å². The molecule has 190 valence electrons. The number of halogens is 2. The van der Waals surface area contributed by atoms with Crippen LogP contribution >= 0.6 is 35.0 Å². The number of hydrogen-bond donors (Lipinski definition) is 1. The summed E-state index contributed by atoms with van der Waals surface area (Å²) >= 11 is 14.6. The maximum Gasteiger partial charge on any atom is 0.404 e. The Morgan fingerprint density at radius 2 is 1.77 bits per heavy atom. The zero-order chi connectivity index (χ0) is 25.4. The van der Waals surface area contributed by atoms with Gasteiger partial charge in [0.1, 0.15) is 6.61 Å². The molecule has 1 saturated carbocycles. The van der Waals surface area contributed by atoms with E-state index >= 15 is 0 Å². The molecule has 1 aliphatic carbocycles. The van der Waals surface area contributed by atoms with Crippen molar-refractivity contribution in [3.8, 4) is 0 Å². The van der Waals surface area contributed by atoms with Crippen molar-refractivity contribution in [2.24, 2.45) is 23.5 Å². The molecule has 3 atom stereocenters. The Bertz CT molecular complexity index is 1030. The second-order valence-corrected chi connectivity index (χ2v) is 10.9. The Morgan fingerprint density at radius 1 is 1.00 bits per heavy atom. The monoisotopic (exact) mass is 537 g/mol. The van der Waals surface area contributed by atoms with Crippen LogP contribution in [0.4, 0.5) is 4.79 Å². The summed E-state index contributed by atoms with van der Waals surface area (Å²) in [5.41, 5.74) is 6.93. The first-order valence-corrected chi connectivity index (χ1v) is 13.7. The minimum absolute atomic E-state index is 0.0225. The number of benzene rings is 2. The normalized spacial score (nSPS) is 19.0. The predicted octanol–water partition coefficient (Wildman–Crippen LogP) is 7.68. The molecule has 0 radical (unpaired) electrons. The molecule has 0 heterocycles. The van der Waals surface area contributed by atoms with Crippen LogP contribution in [-0.4, -0.2) is 18.7 Å². The highest BCUT2D eigenvalue weighted by Crippen LogP contribution is 2.41. The van der Waals surface area contributed by atoms with Crippen molar-refractivity contribution in [3.63, 3.8) is 0 Å². The molecule has 8 heteroatoms. The van der Waals surface area contributed by atoms with E-state index in [9.17, 15) is 9.59 Å². The number of carbonyl (C=O) groups is 2. The summed E-state index contributed by atoms with van der Waals surface area (Å²) in [5.74, 6) is 1.07.